The van der Waals surface area contributed by atoms with Crippen molar-refractivity contribution < 1.29 is 9.47 Å². The highest BCUT2D eigenvalue weighted by Gasteiger charge is 2.37. The molecule has 0 radical (unpaired) electrons. The summed E-state index contributed by atoms with van der Waals surface area (Å²) in [6, 6.07) is 4.55. The van der Waals surface area contributed by atoms with E-state index in [1.807, 2.05) is 0 Å². The highest BCUT2D eigenvalue weighted by molar-refractivity contribution is 7.80. The summed E-state index contributed by atoms with van der Waals surface area (Å²) in [6.45, 7) is 6.58. The van der Waals surface area contributed by atoms with Gasteiger partial charge in [0.2, 0.25) is 0 Å². The molecule has 0 saturated carbocycles. The van der Waals surface area contributed by atoms with E-state index in [4.69, 9.17) is 27.4 Å². The van der Waals surface area contributed by atoms with Crippen molar-refractivity contribution in [2.75, 3.05) is 27.3 Å². The lowest BCUT2D eigenvalue weighted by Gasteiger charge is -2.44. The number of nitrogens with two attached hydrogens (primary N) is 1. The highest BCUT2D eigenvalue weighted by atomic mass is 32.1. The average Bonchev–Trinajstić information content (AvgIpc) is 2.64. The number of hydrogen-bond acceptors (Lipinski definition) is 5. The summed E-state index contributed by atoms with van der Waals surface area (Å²) in [4.78, 5) is 2.58. The van der Waals surface area contributed by atoms with Gasteiger partial charge in [0.25, 0.3) is 0 Å². The Kier molecular flexibility index (Phi) is 6.22. The fourth-order valence-corrected chi connectivity index (χ4v) is 4.38. The molecule has 148 valence electrons. The third-order valence-electron chi connectivity index (χ3n) is 5.51. The standard InChI is InChI=1S/C20H30N4O2S/c1-12(2)7-14-11-24-6-5-13-8-18(25-3)19(26-4)9-15(13)17(24)10-16(14)22-23-20(21)27/h8-9,12,14,17H,5-7,10-11H2,1-4H3,(H3,21,23,27)/t14-,17-/m0/s1. The monoisotopic (exact) mass is 390 g/mol. The number of hydrogen-bond donors (Lipinski definition) is 2. The zero-order valence-corrected chi connectivity index (χ0v) is 17.4. The number of thiocarbonyl (C=S) groups is 1. The maximum Gasteiger partial charge on any atom is 0.184 e. The third-order valence-corrected chi connectivity index (χ3v) is 5.60. The fourth-order valence-electron chi connectivity index (χ4n) is 4.33. The van der Waals surface area contributed by atoms with Crippen LogP contribution in [0.2, 0.25) is 0 Å². The van der Waals surface area contributed by atoms with Crippen molar-refractivity contribution in [3.63, 3.8) is 0 Å². The van der Waals surface area contributed by atoms with Gasteiger partial charge in [0.1, 0.15) is 0 Å². The van der Waals surface area contributed by atoms with Crippen molar-refractivity contribution in [2.45, 2.75) is 39.2 Å². The summed E-state index contributed by atoms with van der Waals surface area (Å²) in [5, 5.41) is 4.79. The van der Waals surface area contributed by atoms with Crippen molar-refractivity contribution in [2.24, 2.45) is 22.7 Å². The van der Waals surface area contributed by atoms with Gasteiger partial charge in [-0.2, -0.15) is 5.10 Å². The molecule has 0 amide bonds. The second-order valence-electron chi connectivity index (χ2n) is 7.78. The van der Waals surface area contributed by atoms with Crippen LogP contribution in [0, 0.1) is 11.8 Å². The number of piperidine rings is 1. The lowest BCUT2D eigenvalue weighted by atomic mass is 9.79. The molecule has 6 nitrogen and oxygen atoms in total. The number of methoxy groups -OCH3 is 2. The Hall–Kier alpha value is -1.86. The number of fused-ring (bicyclic) bond motifs is 3. The number of benzene rings is 1. The van der Waals surface area contributed by atoms with E-state index < -0.39 is 0 Å². The lowest BCUT2D eigenvalue weighted by molar-refractivity contribution is 0.147. The van der Waals surface area contributed by atoms with E-state index >= 15 is 0 Å². The molecule has 0 unspecified atom stereocenters. The normalized spacial score (nSPS) is 23.7. The molecule has 27 heavy (non-hydrogen) atoms. The molecule has 1 aromatic carbocycles. The Morgan fingerprint density at radius 3 is 2.67 bits per heavy atom. The molecule has 3 N–H and O–H groups in total. The van der Waals surface area contributed by atoms with Gasteiger partial charge in [-0.3, -0.25) is 10.3 Å². The quantitative estimate of drug-likeness (QED) is 0.595. The molecule has 2 atom stereocenters. The summed E-state index contributed by atoms with van der Waals surface area (Å²) < 4.78 is 11.0. The van der Waals surface area contributed by atoms with Crippen molar-refractivity contribution >= 4 is 23.0 Å². The lowest BCUT2D eigenvalue weighted by Crippen LogP contribution is -2.47. The molecule has 7 heteroatoms. The smallest absolute Gasteiger partial charge is 0.184 e. The Bertz CT molecular complexity index is 735. The summed E-state index contributed by atoms with van der Waals surface area (Å²) in [5.74, 6) is 2.61. The van der Waals surface area contributed by atoms with Crippen molar-refractivity contribution in [1.29, 1.82) is 0 Å². The predicted octanol–water partition coefficient (Wildman–Crippen LogP) is 2.86. The Morgan fingerprint density at radius 1 is 1.33 bits per heavy atom. The van der Waals surface area contributed by atoms with E-state index in [0.29, 0.717) is 17.9 Å². The minimum atomic E-state index is 0.212. The van der Waals surface area contributed by atoms with Gasteiger partial charge in [0, 0.05) is 37.2 Å². The van der Waals surface area contributed by atoms with Gasteiger partial charge in [-0.25, -0.2) is 0 Å². The van der Waals surface area contributed by atoms with E-state index in [9.17, 15) is 0 Å². The van der Waals surface area contributed by atoms with Gasteiger partial charge in [-0.05, 0) is 54.2 Å². The number of ether oxygens (including phenoxy) is 2. The zero-order chi connectivity index (χ0) is 19.6. The van der Waals surface area contributed by atoms with Crippen molar-refractivity contribution in [1.82, 2.24) is 10.3 Å². The summed E-state index contributed by atoms with van der Waals surface area (Å²) in [5.41, 5.74) is 12.2. The molecule has 1 fully saturated rings. The van der Waals surface area contributed by atoms with Crippen LogP contribution in [0.1, 0.15) is 43.9 Å². The Morgan fingerprint density at radius 2 is 2.04 bits per heavy atom. The fraction of sp³-hybridized carbons (Fsp3) is 0.600. The van der Waals surface area contributed by atoms with E-state index in [-0.39, 0.29) is 5.11 Å². The van der Waals surface area contributed by atoms with Crippen LogP contribution in [-0.2, 0) is 6.42 Å². The van der Waals surface area contributed by atoms with Gasteiger partial charge in [-0.1, -0.05) is 13.8 Å². The van der Waals surface area contributed by atoms with Gasteiger partial charge in [0.15, 0.2) is 16.6 Å². The maximum absolute atomic E-state index is 5.61. The van der Waals surface area contributed by atoms with Crippen LogP contribution in [0.5, 0.6) is 11.5 Å². The maximum atomic E-state index is 5.61. The van der Waals surface area contributed by atoms with Crippen molar-refractivity contribution in [3.8, 4) is 11.5 Å². The molecule has 2 aliphatic rings. The van der Waals surface area contributed by atoms with Crippen LogP contribution in [0.4, 0.5) is 0 Å². The molecule has 3 rings (SSSR count). The molecule has 1 saturated heterocycles. The van der Waals surface area contributed by atoms with Crippen LogP contribution < -0.4 is 20.6 Å². The van der Waals surface area contributed by atoms with Gasteiger partial charge < -0.3 is 15.2 Å². The SMILES string of the molecule is COc1cc2c(cc1OC)[C@@H]1CC(=NNC(N)=S)[C@@H](CC(C)C)CN1CC2. The number of hydrazone groups is 1. The topological polar surface area (TPSA) is 72.1 Å². The van der Waals surface area contributed by atoms with Gasteiger partial charge in [-0.15, -0.1) is 0 Å². The first-order chi connectivity index (χ1) is 12.9. The zero-order valence-electron chi connectivity index (χ0n) is 16.6. The molecule has 1 aromatic rings. The van der Waals surface area contributed by atoms with Gasteiger partial charge >= 0.3 is 0 Å². The van der Waals surface area contributed by atoms with E-state index in [1.54, 1.807) is 14.2 Å². The molecular weight excluding hydrogens is 360 g/mol. The Balaban J connectivity index is 1.93. The number of rotatable bonds is 5. The number of nitrogens with zero attached hydrogens (tertiary/aromatic N) is 2. The van der Waals surface area contributed by atoms with Crippen LogP contribution >= 0.6 is 12.2 Å². The average molecular weight is 391 g/mol. The molecular formula is C20H30N4O2S. The third kappa shape index (κ3) is 4.35. The first-order valence-corrected chi connectivity index (χ1v) is 9.94. The van der Waals surface area contributed by atoms with Crippen LogP contribution in [0.3, 0.4) is 0 Å². The predicted molar refractivity (Wildman–Crippen MR) is 112 cm³/mol. The summed E-state index contributed by atoms with van der Waals surface area (Å²) in [7, 11) is 3.37. The van der Waals surface area contributed by atoms with Crippen LogP contribution in [0.25, 0.3) is 0 Å². The summed E-state index contributed by atoms with van der Waals surface area (Å²) in [6.07, 6.45) is 3.01. The molecule has 2 aliphatic heterocycles. The first kappa shape index (κ1) is 19.9. The van der Waals surface area contributed by atoms with Crippen LogP contribution in [-0.4, -0.2) is 43.0 Å². The molecule has 0 bridgehead atoms. The highest BCUT2D eigenvalue weighted by Crippen LogP contribution is 2.42. The molecule has 0 spiro atoms. The molecule has 2 heterocycles. The van der Waals surface area contributed by atoms with E-state index in [1.165, 1.54) is 11.1 Å². The minimum Gasteiger partial charge on any atom is -0.493 e. The minimum absolute atomic E-state index is 0.212. The van der Waals surface area contributed by atoms with E-state index in [2.05, 4.69) is 41.4 Å². The summed E-state index contributed by atoms with van der Waals surface area (Å²) >= 11 is 4.95. The second-order valence-corrected chi connectivity index (χ2v) is 8.22. The largest absolute Gasteiger partial charge is 0.493 e. The van der Waals surface area contributed by atoms with Gasteiger partial charge in [0.05, 0.1) is 14.2 Å². The van der Waals surface area contributed by atoms with E-state index in [0.717, 1.165) is 49.6 Å². The van der Waals surface area contributed by atoms with Crippen molar-refractivity contribution in [3.05, 3.63) is 23.3 Å². The Labute approximate surface area is 167 Å². The van der Waals surface area contributed by atoms with Crippen LogP contribution in [0.15, 0.2) is 17.2 Å². The first-order valence-electron chi connectivity index (χ1n) is 9.53. The molecule has 0 aromatic heterocycles. The second kappa shape index (κ2) is 8.44. The molecule has 0 aliphatic carbocycles. The number of nitrogens with one attached hydrogen (secondary N) is 1.